The summed E-state index contributed by atoms with van der Waals surface area (Å²) < 4.78 is 49.7. The highest BCUT2D eigenvalue weighted by Gasteiger charge is 2.20. The Hall–Kier alpha value is -0.650. The summed E-state index contributed by atoms with van der Waals surface area (Å²) in [5.74, 6) is -2.50. The minimum atomic E-state index is -2.90. The lowest BCUT2D eigenvalue weighted by atomic mass is 10.2. The number of alkyl halides is 3. The van der Waals surface area contributed by atoms with Gasteiger partial charge >= 0.3 is 0 Å². The Morgan fingerprint density at radius 3 is 2.46 bits per heavy atom. The fourth-order valence-electron chi connectivity index (χ4n) is 0.833. The van der Waals surface area contributed by atoms with Crippen molar-refractivity contribution in [1.29, 1.82) is 0 Å². The summed E-state index contributed by atoms with van der Waals surface area (Å²) in [5.41, 5.74) is -1.16. The number of hydrogen-bond acceptors (Lipinski definition) is 1. The van der Waals surface area contributed by atoms with Gasteiger partial charge in [0.1, 0.15) is 5.69 Å². The molecule has 0 fully saturated rings. The van der Waals surface area contributed by atoms with Gasteiger partial charge in [0.25, 0.3) is 6.43 Å². The molecule has 0 atom stereocenters. The van der Waals surface area contributed by atoms with E-state index in [-0.39, 0.29) is 5.33 Å². The van der Waals surface area contributed by atoms with Gasteiger partial charge in [-0.25, -0.2) is 17.6 Å². The first-order valence-electron chi connectivity index (χ1n) is 3.24. The van der Waals surface area contributed by atoms with Crippen molar-refractivity contribution in [3.05, 3.63) is 29.1 Å². The molecule has 13 heavy (non-hydrogen) atoms. The van der Waals surface area contributed by atoms with Crippen molar-refractivity contribution in [2.75, 3.05) is 0 Å². The number of nitrogens with zero attached hydrogens (tertiary/aromatic N) is 1. The van der Waals surface area contributed by atoms with E-state index in [1.807, 2.05) is 0 Å². The maximum atomic E-state index is 12.8. The molecule has 0 aliphatic carbocycles. The molecule has 0 unspecified atom stereocenters. The largest absolute Gasteiger partial charge is 0.280 e. The van der Waals surface area contributed by atoms with Crippen LogP contribution in [0.25, 0.3) is 0 Å². The molecular formula is C7H4BrF4N. The Morgan fingerprint density at radius 1 is 1.38 bits per heavy atom. The van der Waals surface area contributed by atoms with Crippen LogP contribution in [0, 0.1) is 11.6 Å². The van der Waals surface area contributed by atoms with Gasteiger partial charge in [-0.15, -0.1) is 0 Å². The van der Waals surface area contributed by atoms with Crippen molar-refractivity contribution in [1.82, 2.24) is 4.98 Å². The fraction of sp³-hybridized carbons (Fsp3) is 0.286. The van der Waals surface area contributed by atoms with E-state index in [0.29, 0.717) is 6.20 Å². The van der Waals surface area contributed by atoms with Crippen LogP contribution in [0.2, 0.25) is 0 Å². The molecular weight excluding hydrogens is 254 g/mol. The zero-order valence-corrected chi connectivity index (χ0v) is 7.78. The summed E-state index contributed by atoms with van der Waals surface area (Å²) in [6.45, 7) is 0. The maximum absolute atomic E-state index is 12.8. The van der Waals surface area contributed by atoms with Crippen LogP contribution < -0.4 is 0 Å². The second kappa shape index (κ2) is 4.04. The van der Waals surface area contributed by atoms with Gasteiger partial charge in [0.15, 0.2) is 11.6 Å². The number of pyridine rings is 1. The number of aromatic nitrogens is 1. The van der Waals surface area contributed by atoms with Crippen LogP contribution in [0.5, 0.6) is 0 Å². The van der Waals surface area contributed by atoms with E-state index in [1.54, 1.807) is 0 Å². The summed E-state index contributed by atoms with van der Waals surface area (Å²) in [6.07, 6.45) is -2.45. The molecule has 72 valence electrons. The van der Waals surface area contributed by atoms with Gasteiger partial charge in [0.2, 0.25) is 0 Å². The number of rotatable bonds is 2. The molecule has 1 aromatic rings. The van der Waals surface area contributed by atoms with Crippen molar-refractivity contribution in [2.45, 2.75) is 11.8 Å². The molecule has 0 N–H and O–H groups in total. The summed E-state index contributed by atoms with van der Waals surface area (Å²) in [7, 11) is 0. The standard InChI is InChI=1S/C7H4BrF4N/c8-1-3-5(10)4(9)2-13-6(3)7(11)12/h2,7H,1H2. The van der Waals surface area contributed by atoms with Crippen LogP contribution in [0.4, 0.5) is 17.6 Å². The Bertz CT molecular complexity index is 316. The van der Waals surface area contributed by atoms with E-state index in [2.05, 4.69) is 20.9 Å². The van der Waals surface area contributed by atoms with E-state index < -0.39 is 29.3 Å². The summed E-state index contributed by atoms with van der Waals surface area (Å²) >= 11 is 2.78. The van der Waals surface area contributed by atoms with E-state index in [9.17, 15) is 17.6 Å². The highest BCUT2D eigenvalue weighted by molar-refractivity contribution is 9.08. The number of hydrogen-bond donors (Lipinski definition) is 0. The van der Waals surface area contributed by atoms with Gasteiger partial charge in [-0.2, -0.15) is 0 Å². The quantitative estimate of drug-likeness (QED) is 0.586. The molecule has 0 aliphatic heterocycles. The topological polar surface area (TPSA) is 12.9 Å². The highest BCUT2D eigenvalue weighted by Crippen LogP contribution is 2.25. The van der Waals surface area contributed by atoms with Crippen molar-refractivity contribution in [2.24, 2.45) is 0 Å². The third kappa shape index (κ3) is 1.99. The average molecular weight is 258 g/mol. The first-order chi connectivity index (χ1) is 6.07. The predicted molar refractivity (Wildman–Crippen MR) is 41.7 cm³/mol. The smallest absolute Gasteiger partial charge is 0.252 e. The van der Waals surface area contributed by atoms with Crippen molar-refractivity contribution in [3.63, 3.8) is 0 Å². The predicted octanol–water partition coefficient (Wildman–Crippen LogP) is 3.19. The van der Waals surface area contributed by atoms with Gasteiger partial charge in [-0.3, -0.25) is 4.98 Å². The average Bonchev–Trinajstić information content (AvgIpc) is 2.09. The van der Waals surface area contributed by atoms with Crippen LogP contribution in [0.15, 0.2) is 6.20 Å². The minimum Gasteiger partial charge on any atom is -0.252 e. The molecule has 1 rings (SSSR count). The normalized spacial score (nSPS) is 10.9. The highest BCUT2D eigenvalue weighted by atomic mass is 79.9. The molecule has 0 aliphatic rings. The van der Waals surface area contributed by atoms with Gasteiger partial charge in [-0.05, 0) is 0 Å². The van der Waals surface area contributed by atoms with E-state index >= 15 is 0 Å². The molecule has 6 heteroatoms. The van der Waals surface area contributed by atoms with E-state index in [1.165, 1.54) is 0 Å². The summed E-state index contributed by atoms with van der Waals surface area (Å²) in [4.78, 5) is 3.11. The third-order valence-electron chi connectivity index (χ3n) is 1.44. The lowest BCUT2D eigenvalue weighted by molar-refractivity contribution is 0.144. The molecule has 0 saturated carbocycles. The third-order valence-corrected chi connectivity index (χ3v) is 2.00. The second-order valence-corrected chi connectivity index (χ2v) is 2.78. The zero-order chi connectivity index (χ0) is 10.0. The van der Waals surface area contributed by atoms with E-state index in [4.69, 9.17) is 0 Å². The van der Waals surface area contributed by atoms with Crippen LogP contribution in [0.3, 0.4) is 0 Å². The van der Waals surface area contributed by atoms with Gasteiger partial charge in [-0.1, -0.05) is 15.9 Å². The SMILES string of the molecule is Fc1cnc(C(F)F)c(CBr)c1F. The van der Waals surface area contributed by atoms with Gasteiger partial charge in [0.05, 0.1) is 6.20 Å². The molecule has 0 aromatic carbocycles. The van der Waals surface area contributed by atoms with Crippen molar-refractivity contribution in [3.8, 4) is 0 Å². The van der Waals surface area contributed by atoms with Gasteiger partial charge in [0, 0.05) is 10.9 Å². The van der Waals surface area contributed by atoms with Crippen LogP contribution in [0.1, 0.15) is 17.7 Å². The van der Waals surface area contributed by atoms with E-state index in [0.717, 1.165) is 0 Å². The lowest BCUT2D eigenvalue weighted by Gasteiger charge is -2.06. The van der Waals surface area contributed by atoms with Crippen molar-refractivity contribution < 1.29 is 17.6 Å². The molecule has 1 heterocycles. The van der Waals surface area contributed by atoms with Crippen molar-refractivity contribution >= 4 is 15.9 Å². The Morgan fingerprint density at radius 2 is 2.00 bits per heavy atom. The molecule has 0 bridgehead atoms. The molecule has 0 saturated heterocycles. The maximum Gasteiger partial charge on any atom is 0.280 e. The monoisotopic (exact) mass is 257 g/mol. The lowest BCUT2D eigenvalue weighted by Crippen LogP contribution is -2.02. The van der Waals surface area contributed by atoms with Gasteiger partial charge < -0.3 is 0 Å². The second-order valence-electron chi connectivity index (χ2n) is 2.22. The van der Waals surface area contributed by atoms with Crippen LogP contribution in [-0.2, 0) is 5.33 Å². The molecule has 0 amide bonds. The summed E-state index contributed by atoms with van der Waals surface area (Å²) in [5, 5.41) is -0.191. The Labute approximate surface area is 79.9 Å². The van der Waals surface area contributed by atoms with Crippen LogP contribution >= 0.6 is 15.9 Å². The summed E-state index contributed by atoms with van der Waals surface area (Å²) in [6, 6.07) is 0. The molecule has 0 radical (unpaired) electrons. The fourth-order valence-corrected chi connectivity index (χ4v) is 1.37. The zero-order valence-electron chi connectivity index (χ0n) is 6.20. The van der Waals surface area contributed by atoms with Crippen LogP contribution in [-0.4, -0.2) is 4.98 Å². The molecule has 1 aromatic heterocycles. The minimum absolute atomic E-state index is 0.191. The Balaban J connectivity index is 3.30. The first kappa shape index (κ1) is 10.4. The Kier molecular flexibility index (Phi) is 3.24. The molecule has 1 nitrogen and oxygen atoms in total. The molecule has 0 spiro atoms. The first-order valence-corrected chi connectivity index (χ1v) is 4.37. The number of halogens is 5.